The fourth-order valence-corrected chi connectivity index (χ4v) is 2.77. The van der Waals surface area contributed by atoms with Crippen LogP contribution in [0.4, 0.5) is 10.1 Å². The Labute approximate surface area is 113 Å². The van der Waals surface area contributed by atoms with Crippen molar-refractivity contribution in [1.82, 2.24) is 4.90 Å². The maximum Gasteiger partial charge on any atom is 0.148 e. The maximum absolute atomic E-state index is 12.8. The first-order chi connectivity index (χ1) is 8.94. The van der Waals surface area contributed by atoms with Gasteiger partial charge in [-0.25, -0.2) is 12.8 Å². The molecule has 1 aromatic rings. The van der Waals surface area contributed by atoms with Gasteiger partial charge >= 0.3 is 0 Å². The minimum Gasteiger partial charge on any atom is -0.369 e. The van der Waals surface area contributed by atoms with Crippen LogP contribution in [0.3, 0.4) is 0 Å². The van der Waals surface area contributed by atoms with E-state index in [0.29, 0.717) is 6.54 Å². The van der Waals surface area contributed by atoms with Gasteiger partial charge in [-0.15, -0.1) is 0 Å². The fraction of sp³-hybridized carbons (Fsp3) is 0.538. The van der Waals surface area contributed by atoms with Crippen LogP contribution >= 0.6 is 0 Å². The van der Waals surface area contributed by atoms with Crippen molar-refractivity contribution < 1.29 is 12.8 Å². The summed E-state index contributed by atoms with van der Waals surface area (Å²) in [4.78, 5) is 4.34. The van der Waals surface area contributed by atoms with Crippen molar-refractivity contribution in [3.63, 3.8) is 0 Å². The summed E-state index contributed by atoms with van der Waals surface area (Å²) in [6, 6.07) is 6.49. The van der Waals surface area contributed by atoms with Crippen LogP contribution < -0.4 is 4.90 Å². The van der Waals surface area contributed by atoms with Gasteiger partial charge in [0.2, 0.25) is 0 Å². The van der Waals surface area contributed by atoms with Gasteiger partial charge in [0.05, 0.1) is 5.75 Å². The lowest BCUT2D eigenvalue weighted by Gasteiger charge is -2.36. The third-order valence-corrected chi connectivity index (χ3v) is 4.27. The lowest BCUT2D eigenvalue weighted by atomic mass is 10.2. The number of benzene rings is 1. The summed E-state index contributed by atoms with van der Waals surface area (Å²) in [5.74, 6) is -0.0145. The molecule has 1 fully saturated rings. The number of anilines is 1. The van der Waals surface area contributed by atoms with E-state index in [0.717, 1.165) is 31.9 Å². The predicted octanol–water partition coefficient (Wildman–Crippen LogP) is 0.992. The first-order valence-corrected chi connectivity index (χ1v) is 8.41. The topological polar surface area (TPSA) is 40.6 Å². The highest BCUT2D eigenvalue weighted by molar-refractivity contribution is 7.90. The van der Waals surface area contributed by atoms with Gasteiger partial charge in [0.25, 0.3) is 0 Å². The molecule has 0 N–H and O–H groups in total. The second kappa shape index (κ2) is 5.88. The molecule has 6 heteroatoms. The van der Waals surface area contributed by atoms with Crippen LogP contribution in [0.25, 0.3) is 0 Å². The minimum atomic E-state index is -2.89. The molecule has 106 valence electrons. The molecule has 0 aliphatic carbocycles. The molecule has 0 bridgehead atoms. The molecule has 0 radical (unpaired) electrons. The molecule has 19 heavy (non-hydrogen) atoms. The summed E-state index contributed by atoms with van der Waals surface area (Å²) in [5.41, 5.74) is 1.02. The highest BCUT2D eigenvalue weighted by Crippen LogP contribution is 2.16. The number of piperazine rings is 1. The largest absolute Gasteiger partial charge is 0.369 e. The molecular weight excluding hydrogens is 267 g/mol. The fourth-order valence-electron chi connectivity index (χ4n) is 2.18. The lowest BCUT2D eigenvalue weighted by Crippen LogP contribution is -2.47. The quantitative estimate of drug-likeness (QED) is 0.828. The number of rotatable bonds is 4. The van der Waals surface area contributed by atoms with Crippen molar-refractivity contribution in [3.05, 3.63) is 30.1 Å². The second-order valence-corrected chi connectivity index (χ2v) is 7.19. The van der Waals surface area contributed by atoms with E-state index in [1.54, 1.807) is 12.1 Å². The van der Waals surface area contributed by atoms with E-state index >= 15 is 0 Å². The van der Waals surface area contributed by atoms with E-state index in [4.69, 9.17) is 0 Å². The van der Waals surface area contributed by atoms with E-state index in [2.05, 4.69) is 9.80 Å². The van der Waals surface area contributed by atoms with Gasteiger partial charge in [-0.1, -0.05) is 0 Å². The molecule has 1 aliphatic heterocycles. The van der Waals surface area contributed by atoms with Gasteiger partial charge in [0, 0.05) is 44.7 Å². The van der Waals surface area contributed by atoms with Gasteiger partial charge in [-0.3, -0.25) is 4.90 Å². The van der Waals surface area contributed by atoms with Crippen LogP contribution in [-0.4, -0.2) is 58.1 Å². The van der Waals surface area contributed by atoms with Gasteiger partial charge in [0.1, 0.15) is 15.7 Å². The molecular formula is C13H19FN2O2S. The van der Waals surface area contributed by atoms with Crippen LogP contribution in [0.1, 0.15) is 0 Å². The molecule has 0 saturated carbocycles. The SMILES string of the molecule is CS(=O)(=O)CCN1CCN(c2ccc(F)cc2)CC1. The Morgan fingerprint density at radius 1 is 1.11 bits per heavy atom. The highest BCUT2D eigenvalue weighted by atomic mass is 32.2. The zero-order valence-corrected chi connectivity index (χ0v) is 11.9. The highest BCUT2D eigenvalue weighted by Gasteiger charge is 2.18. The minimum absolute atomic E-state index is 0.212. The number of hydrogen-bond acceptors (Lipinski definition) is 4. The van der Waals surface area contributed by atoms with Crippen LogP contribution in [0.2, 0.25) is 0 Å². The summed E-state index contributed by atoms with van der Waals surface area (Å²) in [6.45, 7) is 3.96. The van der Waals surface area contributed by atoms with Crippen LogP contribution in [0, 0.1) is 5.82 Å². The molecule has 1 heterocycles. The number of hydrogen-bond donors (Lipinski definition) is 0. The number of sulfone groups is 1. The van der Waals surface area contributed by atoms with Gasteiger partial charge in [-0.2, -0.15) is 0 Å². The predicted molar refractivity (Wildman–Crippen MR) is 74.8 cm³/mol. The van der Waals surface area contributed by atoms with Gasteiger partial charge < -0.3 is 4.90 Å². The molecule has 1 aliphatic rings. The van der Waals surface area contributed by atoms with Crippen molar-refractivity contribution in [3.8, 4) is 0 Å². The molecule has 0 spiro atoms. The summed E-state index contributed by atoms with van der Waals surface area (Å²) >= 11 is 0. The van der Waals surface area contributed by atoms with Crippen molar-refractivity contribution in [1.29, 1.82) is 0 Å². The monoisotopic (exact) mass is 286 g/mol. The Morgan fingerprint density at radius 3 is 2.21 bits per heavy atom. The second-order valence-electron chi connectivity index (χ2n) is 4.93. The lowest BCUT2D eigenvalue weighted by molar-refractivity contribution is 0.272. The van der Waals surface area contributed by atoms with Crippen LogP contribution in [0.5, 0.6) is 0 Å². The number of halogens is 1. The molecule has 2 rings (SSSR count). The van der Waals surface area contributed by atoms with Crippen molar-refractivity contribution in [2.75, 3.05) is 49.6 Å². The standard InChI is InChI=1S/C13H19FN2O2S/c1-19(17,18)11-10-15-6-8-16(9-7-15)13-4-2-12(14)3-5-13/h2-5H,6-11H2,1H3. The van der Waals surface area contributed by atoms with Gasteiger partial charge in [-0.05, 0) is 24.3 Å². The number of nitrogens with zero attached hydrogens (tertiary/aromatic N) is 2. The van der Waals surface area contributed by atoms with E-state index in [9.17, 15) is 12.8 Å². The summed E-state index contributed by atoms with van der Waals surface area (Å²) in [7, 11) is -2.89. The van der Waals surface area contributed by atoms with E-state index in [1.807, 2.05) is 0 Å². The molecule has 0 unspecified atom stereocenters. The Balaban J connectivity index is 1.84. The average molecular weight is 286 g/mol. The van der Waals surface area contributed by atoms with Crippen molar-refractivity contribution in [2.45, 2.75) is 0 Å². The molecule has 4 nitrogen and oxygen atoms in total. The van der Waals surface area contributed by atoms with E-state index in [1.165, 1.54) is 18.4 Å². The van der Waals surface area contributed by atoms with Crippen LogP contribution in [-0.2, 0) is 9.84 Å². The van der Waals surface area contributed by atoms with Crippen molar-refractivity contribution in [2.24, 2.45) is 0 Å². The molecule has 0 atom stereocenters. The zero-order chi connectivity index (χ0) is 13.9. The van der Waals surface area contributed by atoms with Crippen molar-refractivity contribution >= 4 is 15.5 Å². The Bertz CT molecular complexity index is 508. The molecule has 1 aromatic carbocycles. The smallest absolute Gasteiger partial charge is 0.148 e. The third kappa shape index (κ3) is 4.47. The molecule has 0 amide bonds. The zero-order valence-electron chi connectivity index (χ0n) is 11.0. The molecule has 1 saturated heterocycles. The van der Waals surface area contributed by atoms with E-state index < -0.39 is 9.84 Å². The third-order valence-electron chi connectivity index (χ3n) is 3.34. The molecule has 0 aromatic heterocycles. The maximum atomic E-state index is 12.8. The first-order valence-electron chi connectivity index (χ1n) is 6.35. The van der Waals surface area contributed by atoms with Gasteiger partial charge in [0.15, 0.2) is 0 Å². The Morgan fingerprint density at radius 2 is 1.68 bits per heavy atom. The average Bonchev–Trinajstić information content (AvgIpc) is 2.37. The Hall–Kier alpha value is -1.14. The summed E-state index contributed by atoms with van der Waals surface area (Å²) < 4.78 is 35.1. The van der Waals surface area contributed by atoms with E-state index in [-0.39, 0.29) is 11.6 Å². The summed E-state index contributed by atoms with van der Waals surface area (Å²) in [6.07, 6.45) is 1.27. The summed E-state index contributed by atoms with van der Waals surface area (Å²) in [5, 5.41) is 0. The first kappa shape index (κ1) is 14.3. The normalized spacial score (nSPS) is 17.7. The van der Waals surface area contributed by atoms with Crippen LogP contribution in [0.15, 0.2) is 24.3 Å². The Kier molecular flexibility index (Phi) is 4.42.